The van der Waals surface area contributed by atoms with E-state index >= 15 is 0 Å². The van der Waals surface area contributed by atoms with Crippen LogP contribution in [0.5, 0.6) is 0 Å². The van der Waals surface area contributed by atoms with Crippen LogP contribution < -0.4 is 0 Å². The second-order valence-corrected chi connectivity index (χ2v) is 4.83. The van der Waals surface area contributed by atoms with Gasteiger partial charge in [-0.05, 0) is 25.5 Å². The first kappa shape index (κ1) is 11.3. The molecule has 3 rings (SSSR count). The normalized spacial score (nSPS) is 21.2. The molecule has 0 amide bonds. The van der Waals surface area contributed by atoms with Crippen LogP contribution in [0.1, 0.15) is 18.5 Å². The standard InChI is InChI=1S/C13H16N4O/c18-10-11-3-1-5-16(7-11)8-12-9-17-6-2-4-14-13(17)15-12/h2,4,6,9-11H,1,3,5,7-8H2. The van der Waals surface area contributed by atoms with Gasteiger partial charge < -0.3 is 4.79 Å². The first-order valence-corrected chi connectivity index (χ1v) is 6.31. The number of nitrogens with zero attached hydrogens (tertiary/aromatic N) is 4. The average Bonchev–Trinajstić information content (AvgIpc) is 2.81. The van der Waals surface area contributed by atoms with Gasteiger partial charge in [0.15, 0.2) is 0 Å². The van der Waals surface area contributed by atoms with Gasteiger partial charge in [-0.2, -0.15) is 0 Å². The summed E-state index contributed by atoms with van der Waals surface area (Å²) in [4.78, 5) is 21.8. The van der Waals surface area contributed by atoms with Crippen molar-refractivity contribution in [1.82, 2.24) is 19.3 Å². The summed E-state index contributed by atoms with van der Waals surface area (Å²) in [5.74, 6) is 0.922. The minimum absolute atomic E-state index is 0.189. The molecule has 94 valence electrons. The molecule has 2 aromatic heterocycles. The molecule has 1 saturated heterocycles. The Labute approximate surface area is 105 Å². The Hall–Kier alpha value is -1.75. The fraction of sp³-hybridized carbons (Fsp3) is 0.462. The number of piperidine rings is 1. The maximum Gasteiger partial charge on any atom is 0.233 e. The Balaban J connectivity index is 1.73. The number of aldehydes is 1. The Morgan fingerprint density at radius 3 is 3.28 bits per heavy atom. The van der Waals surface area contributed by atoms with E-state index in [1.165, 1.54) is 0 Å². The van der Waals surface area contributed by atoms with Crippen molar-refractivity contribution in [3.63, 3.8) is 0 Å². The third-order valence-corrected chi connectivity index (χ3v) is 3.41. The number of hydrogen-bond donors (Lipinski definition) is 0. The minimum atomic E-state index is 0.189. The second kappa shape index (κ2) is 4.86. The fourth-order valence-corrected chi connectivity index (χ4v) is 2.53. The summed E-state index contributed by atoms with van der Waals surface area (Å²) in [7, 11) is 0. The second-order valence-electron chi connectivity index (χ2n) is 4.83. The van der Waals surface area contributed by atoms with Crippen LogP contribution in [0.2, 0.25) is 0 Å². The number of fused-ring (bicyclic) bond motifs is 1. The van der Waals surface area contributed by atoms with Gasteiger partial charge in [-0.3, -0.25) is 9.30 Å². The Kier molecular flexibility index (Phi) is 3.06. The van der Waals surface area contributed by atoms with Crippen molar-refractivity contribution in [2.45, 2.75) is 19.4 Å². The molecule has 5 heteroatoms. The van der Waals surface area contributed by atoms with Crippen molar-refractivity contribution >= 4 is 12.1 Å². The average molecular weight is 244 g/mol. The van der Waals surface area contributed by atoms with E-state index in [-0.39, 0.29) is 5.92 Å². The number of carbonyl (C=O) groups excluding carboxylic acids is 1. The van der Waals surface area contributed by atoms with Crippen LogP contribution in [0.15, 0.2) is 24.7 Å². The van der Waals surface area contributed by atoms with Gasteiger partial charge in [0.2, 0.25) is 5.78 Å². The lowest BCUT2D eigenvalue weighted by molar-refractivity contribution is -0.112. The molecule has 1 aliphatic heterocycles. The van der Waals surface area contributed by atoms with E-state index in [9.17, 15) is 4.79 Å². The third-order valence-electron chi connectivity index (χ3n) is 3.41. The Morgan fingerprint density at radius 1 is 1.50 bits per heavy atom. The van der Waals surface area contributed by atoms with Gasteiger partial charge >= 0.3 is 0 Å². The molecule has 0 aromatic carbocycles. The van der Waals surface area contributed by atoms with Crippen LogP contribution in [0.3, 0.4) is 0 Å². The molecule has 0 aliphatic carbocycles. The molecule has 2 aromatic rings. The molecule has 5 nitrogen and oxygen atoms in total. The monoisotopic (exact) mass is 244 g/mol. The highest BCUT2D eigenvalue weighted by Crippen LogP contribution is 2.16. The fourth-order valence-electron chi connectivity index (χ4n) is 2.53. The number of rotatable bonds is 3. The quantitative estimate of drug-likeness (QED) is 0.760. The first-order chi connectivity index (χ1) is 8.85. The van der Waals surface area contributed by atoms with Crippen LogP contribution in [0.4, 0.5) is 0 Å². The lowest BCUT2D eigenvalue weighted by atomic mass is 10.00. The predicted molar refractivity (Wildman–Crippen MR) is 67.1 cm³/mol. The van der Waals surface area contributed by atoms with E-state index < -0.39 is 0 Å². The van der Waals surface area contributed by atoms with Gasteiger partial charge in [0.25, 0.3) is 0 Å². The third kappa shape index (κ3) is 2.26. The van der Waals surface area contributed by atoms with Crippen molar-refractivity contribution in [3.05, 3.63) is 30.4 Å². The van der Waals surface area contributed by atoms with E-state index in [0.717, 1.165) is 50.2 Å². The highest BCUT2D eigenvalue weighted by atomic mass is 16.1. The van der Waals surface area contributed by atoms with E-state index in [4.69, 9.17) is 0 Å². The molecule has 0 saturated carbocycles. The van der Waals surface area contributed by atoms with Crippen molar-refractivity contribution in [2.75, 3.05) is 13.1 Å². The summed E-state index contributed by atoms with van der Waals surface area (Å²) in [5.41, 5.74) is 1.01. The summed E-state index contributed by atoms with van der Waals surface area (Å²) in [5, 5.41) is 0. The zero-order chi connectivity index (χ0) is 12.4. The van der Waals surface area contributed by atoms with Gasteiger partial charge in [-0.25, -0.2) is 9.97 Å². The lowest BCUT2D eigenvalue weighted by Gasteiger charge is -2.29. The molecule has 0 spiro atoms. The van der Waals surface area contributed by atoms with Gasteiger partial charge in [-0.1, -0.05) is 0 Å². The minimum Gasteiger partial charge on any atom is -0.303 e. The van der Waals surface area contributed by atoms with Crippen molar-refractivity contribution in [2.24, 2.45) is 5.92 Å². The number of aromatic nitrogens is 3. The van der Waals surface area contributed by atoms with E-state index in [1.54, 1.807) is 6.20 Å². The number of imidazole rings is 1. The zero-order valence-corrected chi connectivity index (χ0v) is 10.2. The molecular formula is C13H16N4O. The van der Waals surface area contributed by atoms with Gasteiger partial charge in [0, 0.05) is 37.6 Å². The summed E-state index contributed by atoms with van der Waals surface area (Å²) in [6, 6.07) is 1.89. The molecule has 0 N–H and O–H groups in total. The molecular weight excluding hydrogens is 228 g/mol. The smallest absolute Gasteiger partial charge is 0.233 e. The number of hydrogen-bond acceptors (Lipinski definition) is 4. The summed E-state index contributed by atoms with van der Waals surface area (Å²) < 4.78 is 1.93. The van der Waals surface area contributed by atoms with E-state index in [2.05, 4.69) is 14.9 Å². The maximum atomic E-state index is 10.8. The molecule has 1 aliphatic rings. The van der Waals surface area contributed by atoms with Gasteiger partial charge in [-0.15, -0.1) is 0 Å². The Morgan fingerprint density at radius 2 is 2.44 bits per heavy atom. The van der Waals surface area contributed by atoms with Crippen molar-refractivity contribution in [3.8, 4) is 0 Å². The molecule has 3 heterocycles. The van der Waals surface area contributed by atoms with Crippen LogP contribution >= 0.6 is 0 Å². The Bertz CT molecular complexity index is 518. The van der Waals surface area contributed by atoms with E-state index in [0.29, 0.717) is 0 Å². The predicted octanol–water partition coefficient (Wildman–Crippen LogP) is 1.14. The summed E-state index contributed by atoms with van der Waals surface area (Å²) >= 11 is 0. The topological polar surface area (TPSA) is 50.5 Å². The molecule has 1 unspecified atom stereocenters. The number of carbonyl (C=O) groups is 1. The van der Waals surface area contributed by atoms with Gasteiger partial charge in [0.05, 0.1) is 5.69 Å². The molecule has 18 heavy (non-hydrogen) atoms. The summed E-state index contributed by atoms with van der Waals surface area (Å²) in [6.07, 6.45) is 8.89. The van der Waals surface area contributed by atoms with Gasteiger partial charge in [0.1, 0.15) is 6.29 Å². The highest BCUT2D eigenvalue weighted by molar-refractivity contribution is 5.53. The molecule has 1 fully saturated rings. The molecule has 0 radical (unpaired) electrons. The molecule has 1 atom stereocenters. The number of likely N-dealkylation sites (tertiary alicyclic amines) is 1. The first-order valence-electron chi connectivity index (χ1n) is 6.31. The van der Waals surface area contributed by atoms with Crippen LogP contribution in [0, 0.1) is 5.92 Å². The lowest BCUT2D eigenvalue weighted by Crippen LogP contribution is -2.35. The largest absolute Gasteiger partial charge is 0.303 e. The maximum absolute atomic E-state index is 10.8. The summed E-state index contributed by atoms with van der Waals surface area (Å²) in [6.45, 7) is 2.70. The van der Waals surface area contributed by atoms with Crippen molar-refractivity contribution < 1.29 is 4.79 Å². The van der Waals surface area contributed by atoms with Crippen molar-refractivity contribution in [1.29, 1.82) is 0 Å². The zero-order valence-electron chi connectivity index (χ0n) is 10.2. The van der Waals surface area contributed by atoms with E-state index in [1.807, 2.05) is 22.9 Å². The highest BCUT2D eigenvalue weighted by Gasteiger charge is 2.19. The van der Waals surface area contributed by atoms with Crippen LogP contribution in [-0.4, -0.2) is 38.6 Å². The van der Waals surface area contributed by atoms with Crippen LogP contribution in [0.25, 0.3) is 5.78 Å². The van der Waals surface area contributed by atoms with Crippen LogP contribution in [-0.2, 0) is 11.3 Å². The SMILES string of the molecule is O=CC1CCCN(Cc2cn3cccnc3n2)C1. The molecule has 0 bridgehead atoms.